The molecule has 0 aliphatic carbocycles. The molecule has 2 aromatic carbocycles. The predicted octanol–water partition coefficient (Wildman–Crippen LogP) is 0.905. The molecule has 134 valence electrons. The predicted molar refractivity (Wildman–Crippen MR) is 99.1 cm³/mol. The van der Waals surface area contributed by atoms with Crippen molar-refractivity contribution in [2.75, 3.05) is 21.3 Å². The van der Waals surface area contributed by atoms with Crippen LogP contribution in [0.5, 0.6) is 11.5 Å². The average molecular weight is 353 g/mol. The van der Waals surface area contributed by atoms with E-state index < -0.39 is 0 Å². The number of carbonyl (C=O) groups excluding carboxylic acids is 2. The van der Waals surface area contributed by atoms with Crippen LogP contribution >= 0.6 is 0 Å². The largest absolute Gasteiger partial charge is 0.493 e. The maximum absolute atomic E-state index is 12.8. The summed E-state index contributed by atoms with van der Waals surface area (Å²) in [4.78, 5) is 26.1. The summed E-state index contributed by atoms with van der Waals surface area (Å²) in [5.74, 6) is 0.793. The van der Waals surface area contributed by atoms with Crippen molar-refractivity contribution in [3.05, 3.63) is 52.6 Å². The van der Waals surface area contributed by atoms with Gasteiger partial charge in [0.1, 0.15) is 7.85 Å². The minimum absolute atomic E-state index is 0.0407. The summed E-state index contributed by atoms with van der Waals surface area (Å²) in [7, 11) is 6.43. The lowest BCUT2D eigenvalue weighted by molar-refractivity contribution is 0.0600. The lowest BCUT2D eigenvalue weighted by atomic mass is 9.87. The fourth-order valence-electron chi connectivity index (χ4n) is 3.25. The Hall–Kier alpha value is -2.96. The molecule has 7 heteroatoms. The summed E-state index contributed by atoms with van der Waals surface area (Å²) in [6.45, 7) is 0.970. The van der Waals surface area contributed by atoms with E-state index in [9.17, 15) is 9.59 Å². The first-order valence-electron chi connectivity index (χ1n) is 8.21. The monoisotopic (exact) mass is 353 g/mol. The molecule has 1 aliphatic rings. The molecule has 1 aliphatic heterocycles. The SMILES string of the molecule is Bc1c2c(cc(OC)c1OC)C(=O)N(Cc1ccc(C(=O)OC)cc1)C2. The third kappa shape index (κ3) is 3.01. The topological polar surface area (TPSA) is 65.1 Å². The van der Waals surface area contributed by atoms with E-state index in [1.807, 2.05) is 20.0 Å². The average Bonchev–Trinajstić information content (AvgIpc) is 2.97. The van der Waals surface area contributed by atoms with Crippen LogP contribution in [-0.4, -0.2) is 46.0 Å². The van der Waals surface area contributed by atoms with Gasteiger partial charge in [-0.1, -0.05) is 12.1 Å². The molecule has 1 heterocycles. The van der Waals surface area contributed by atoms with Crippen molar-refractivity contribution >= 4 is 25.2 Å². The molecule has 3 rings (SSSR count). The van der Waals surface area contributed by atoms with E-state index in [1.54, 1.807) is 37.3 Å². The number of hydrogen-bond acceptors (Lipinski definition) is 5. The molecule has 0 saturated heterocycles. The summed E-state index contributed by atoms with van der Waals surface area (Å²) < 4.78 is 15.5. The summed E-state index contributed by atoms with van der Waals surface area (Å²) in [5.41, 5.74) is 3.94. The third-order valence-electron chi connectivity index (χ3n) is 4.66. The standard InChI is InChI=1S/C19H20BNO5/c1-24-15-8-13-14(16(20)17(15)25-2)10-21(18(13)22)9-11-4-6-12(7-5-11)19(23)26-3/h4-8H,9-10,20H2,1-3H3. The van der Waals surface area contributed by atoms with Gasteiger partial charge in [0.25, 0.3) is 5.91 Å². The van der Waals surface area contributed by atoms with Crippen molar-refractivity contribution in [1.82, 2.24) is 4.90 Å². The Morgan fingerprint density at radius 2 is 1.85 bits per heavy atom. The molecule has 26 heavy (non-hydrogen) atoms. The van der Waals surface area contributed by atoms with E-state index in [1.165, 1.54) is 7.11 Å². The third-order valence-corrected chi connectivity index (χ3v) is 4.66. The van der Waals surface area contributed by atoms with E-state index in [-0.39, 0.29) is 11.9 Å². The highest BCUT2D eigenvalue weighted by atomic mass is 16.5. The van der Waals surface area contributed by atoms with Crippen molar-refractivity contribution in [3.8, 4) is 11.5 Å². The van der Waals surface area contributed by atoms with E-state index in [2.05, 4.69) is 0 Å². The summed E-state index contributed by atoms with van der Waals surface area (Å²) in [6, 6.07) is 8.80. The number of carbonyl (C=O) groups is 2. The smallest absolute Gasteiger partial charge is 0.337 e. The van der Waals surface area contributed by atoms with Gasteiger partial charge in [0.2, 0.25) is 0 Å². The number of methoxy groups -OCH3 is 3. The molecule has 0 atom stereocenters. The Kier molecular flexibility index (Phi) is 4.89. The van der Waals surface area contributed by atoms with Crippen molar-refractivity contribution in [3.63, 3.8) is 0 Å². The van der Waals surface area contributed by atoms with Gasteiger partial charge in [-0.2, -0.15) is 0 Å². The Balaban J connectivity index is 1.84. The van der Waals surface area contributed by atoms with Crippen LogP contribution < -0.4 is 14.9 Å². The zero-order chi connectivity index (χ0) is 18.8. The minimum Gasteiger partial charge on any atom is -0.493 e. The van der Waals surface area contributed by atoms with Gasteiger partial charge in [-0.15, -0.1) is 0 Å². The molecule has 0 fully saturated rings. The molecule has 0 aromatic heterocycles. The number of fused-ring (bicyclic) bond motifs is 1. The number of esters is 1. The number of rotatable bonds is 5. The minimum atomic E-state index is -0.379. The maximum Gasteiger partial charge on any atom is 0.337 e. The number of benzene rings is 2. The number of nitrogens with zero attached hydrogens (tertiary/aromatic N) is 1. The first-order chi connectivity index (χ1) is 12.5. The van der Waals surface area contributed by atoms with Crippen LogP contribution in [0.15, 0.2) is 30.3 Å². The van der Waals surface area contributed by atoms with Crippen LogP contribution in [-0.2, 0) is 17.8 Å². The van der Waals surface area contributed by atoms with Crippen molar-refractivity contribution in [1.29, 1.82) is 0 Å². The Labute approximate surface area is 153 Å². The fourth-order valence-corrected chi connectivity index (χ4v) is 3.25. The van der Waals surface area contributed by atoms with Gasteiger partial charge >= 0.3 is 5.97 Å². The molecule has 6 nitrogen and oxygen atoms in total. The zero-order valence-electron chi connectivity index (χ0n) is 15.3. The lowest BCUT2D eigenvalue weighted by Crippen LogP contribution is -2.23. The Morgan fingerprint density at radius 3 is 2.42 bits per heavy atom. The molecular weight excluding hydrogens is 333 g/mol. The van der Waals surface area contributed by atoms with Crippen LogP contribution in [0.2, 0.25) is 0 Å². The van der Waals surface area contributed by atoms with Crippen LogP contribution in [0.1, 0.15) is 31.8 Å². The quantitative estimate of drug-likeness (QED) is 0.591. The van der Waals surface area contributed by atoms with E-state index in [0.29, 0.717) is 35.7 Å². The van der Waals surface area contributed by atoms with Gasteiger partial charge in [-0.3, -0.25) is 4.79 Å². The normalized spacial score (nSPS) is 12.7. The lowest BCUT2D eigenvalue weighted by Gasteiger charge is -2.16. The molecule has 0 unspecified atom stereocenters. The van der Waals surface area contributed by atoms with Crippen molar-refractivity contribution < 1.29 is 23.8 Å². The van der Waals surface area contributed by atoms with Gasteiger partial charge in [0.15, 0.2) is 11.5 Å². The maximum atomic E-state index is 12.8. The Bertz CT molecular complexity index is 863. The molecule has 0 radical (unpaired) electrons. The molecular formula is C19H20BNO5. The van der Waals surface area contributed by atoms with E-state index in [0.717, 1.165) is 16.6 Å². The summed E-state index contributed by atoms with van der Waals surface area (Å²) in [6.07, 6.45) is 0. The van der Waals surface area contributed by atoms with Gasteiger partial charge in [-0.05, 0) is 34.8 Å². The molecule has 0 bridgehead atoms. The van der Waals surface area contributed by atoms with Crippen molar-refractivity contribution in [2.45, 2.75) is 13.1 Å². The van der Waals surface area contributed by atoms with Gasteiger partial charge in [0.05, 0.1) is 26.9 Å². The second kappa shape index (κ2) is 7.11. The van der Waals surface area contributed by atoms with Gasteiger partial charge < -0.3 is 19.1 Å². The van der Waals surface area contributed by atoms with Crippen molar-refractivity contribution in [2.24, 2.45) is 0 Å². The second-order valence-corrected chi connectivity index (χ2v) is 6.11. The van der Waals surface area contributed by atoms with Gasteiger partial charge in [-0.25, -0.2) is 4.79 Å². The highest BCUT2D eigenvalue weighted by Gasteiger charge is 2.31. The highest BCUT2D eigenvalue weighted by molar-refractivity contribution is 6.36. The number of amides is 1. The molecule has 1 amide bonds. The molecule has 0 N–H and O–H groups in total. The molecule has 0 spiro atoms. The van der Waals surface area contributed by atoms with Crippen LogP contribution in [0.4, 0.5) is 0 Å². The summed E-state index contributed by atoms with van der Waals surface area (Å²) in [5, 5.41) is 0. The molecule has 0 saturated carbocycles. The van der Waals surface area contributed by atoms with Crippen LogP contribution in [0.3, 0.4) is 0 Å². The first-order valence-corrected chi connectivity index (χ1v) is 8.21. The van der Waals surface area contributed by atoms with E-state index >= 15 is 0 Å². The first kappa shape index (κ1) is 17.9. The molecule has 2 aromatic rings. The fraction of sp³-hybridized carbons (Fsp3) is 0.263. The number of hydrogen-bond donors (Lipinski definition) is 0. The van der Waals surface area contributed by atoms with E-state index in [4.69, 9.17) is 14.2 Å². The second-order valence-electron chi connectivity index (χ2n) is 6.11. The van der Waals surface area contributed by atoms with Crippen LogP contribution in [0, 0.1) is 0 Å². The highest BCUT2D eigenvalue weighted by Crippen LogP contribution is 2.33. The van der Waals surface area contributed by atoms with Gasteiger partial charge in [0, 0.05) is 18.7 Å². The summed E-state index contributed by atoms with van der Waals surface area (Å²) >= 11 is 0. The zero-order valence-corrected chi connectivity index (χ0v) is 15.3. The Morgan fingerprint density at radius 1 is 1.15 bits per heavy atom. The van der Waals surface area contributed by atoms with Crippen LogP contribution in [0.25, 0.3) is 0 Å². The number of ether oxygens (including phenoxy) is 3.